The first kappa shape index (κ1) is 20.8. The van der Waals surface area contributed by atoms with Crippen molar-refractivity contribution >= 4 is 5.91 Å². The summed E-state index contributed by atoms with van der Waals surface area (Å²) < 4.78 is 11.2. The molecule has 6 heteroatoms. The number of nitrogens with zero attached hydrogens (tertiary/aromatic N) is 3. The molecule has 0 bridgehead atoms. The molecule has 2 aliphatic rings. The molecule has 2 saturated heterocycles. The number of carbonyl (C=O) groups excluding carboxylic acids is 1. The number of rotatable bonds is 8. The number of benzene rings is 1. The molecule has 6 nitrogen and oxygen atoms in total. The summed E-state index contributed by atoms with van der Waals surface area (Å²) in [5.41, 5.74) is 3.03. The normalized spacial score (nSPS) is 17.0. The van der Waals surface area contributed by atoms with Crippen molar-refractivity contribution in [2.24, 2.45) is 0 Å². The van der Waals surface area contributed by atoms with Crippen molar-refractivity contribution in [1.29, 1.82) is 0 Å². The SMILES string of the molecule is CCCc1cc(CCc2ncc(C(=O)N3CCC34COC4)cn2)cc(OC(C)C)c1. The summed E-state index contributed by atoms with van der Waals surface area (Å²) in [7, 11) is 0. The zero-order chi connectivity index (χ0) is 21.1. The van der Waals surface area contributed by atoms with E-state index in [0.717, 1.165) is 50.2 Å². The Balaban J connectivity index is 1.39. The van der Waals surface area contributed by atoms with E-state index in [4.69, 9.17) is 9.47 Å². The highest BCUT2D eigenvalue weighted by molar-refractivity contribution is 5.94. The summed E-state index contributed by atoms with van der Waals surface area (Å²) in [5.74, 6) is 1.69. The average molecular weight is 410 g/mol. The van der Waals surface area contributed by atoms with Crippen molar-refractivity contribution in [3.8, 4) is 5.75 Å². The van der Waals surface area contributed by atoms with Gasteiger partial charge in [-0.05, 0) is 56.4 Å². The lowest BCUT2D eigenvalue weighted by atomic mass is 9.82. The van der Waals surface area contributed by atoms with Gasteiger partial charge in [-0.2, -0.15) is 0 Å². The summed E-state index contributed by atoms with van der Waals surface area (Å²) in [6, 6.07) is 6.50. The van der Waals surface area contributed by atoms with E-state index in [2.05, 4.69) is 35.1 Å². The van der Waals surface area contributed by atoms with Gasteiger partial charge in [0, 0.05) is 25.4 Å². The number of aryl methyl sites for hydroxylation is 3. The maximum absolute atomic E-state index is 12.7. The molecule has 2 aliphatic heterocycles. The van der Waals surface area contributed by atoms with Crippen LogP contribution >= 0.6 is 0 Å². The van der Waals surface area contributed by atoms with Crippen LogP contribution in [0.3, 0.4) is 0 Å². The van der Waals surface area contributed by atoms with Gasteiger partial charge in [-0.1, -0.05) is 19.4 Å². The molecule has 0 N–H and O–H groups in total. The number of aromatic nitrogens is 2. The van der Waals surface area contributed by atoms with Gasteiger partial charge < -0.3 is 14.4 Å². The lowest BCUT2D eigenvalue weighted by Crippen LogP contribution is -2.72. The van der Waals surface area contributed by atoms with Crippen molar-refractivity contribution in [3.63, 3.8) is 0 Å². The van der Waals surface area contributed by atoms with E-state index in [-0.39, 0.29) is 17.6 Å². The second-order valence-corrected chi connectivity index (χ2v) is 8.71. The number of ether oxygens (including phenoxy) is 2. The third-order valence-electron chi connectivity index (χ3n) is 5.89. The summed E-state index contributed by atoms with van der Waals surface area (Å²) in [5, 5.41) is 0. The van der Waals surface area contributed by atoms with Crippen molar-refractivity contribution in [2.75, 3.05) is 19.8 Å². The van der Waals surface area contributed by atoms with Gasteiger partial charge in [0.15, 0.2) is 0 Å². The van der Waals surface area contributed by atoms with Crippen LogP contribution < -0.4 is 4.74 Å². The van der Waals surface area contributed by atoms with Crippen LogP contribution in [0.1, 0.15) is 60.9 Å². The predicted octanol–water partition coefficient (Wildman–Crippen LogP) is 3.62. The first-order chi connectivity index (χ1) is 14.5. The van der Waals surface area contributed by atoms with Crippen LogP contribution in [0.25, 0.3) is 0 Å². The molecule has 1 spiro atoms. The Kier molecular flexibility index (Phi) is 6.04. The zero-order valence-electron chi connectivity index (χ0n) is 18.2. The molecule has 1 aromatic carbocycles. The van der Waals surface area contributed by atoms with Crippen LogP contribution in [-0.4, -0.2) is 52.2 Å². The second kappa shape index (κ2) is 8.72. The summed E-state index contributed by atoms with van der Waals surface area (Å²) in [6.45, 7) is 8.37. The molecule has 2 fully saturated rings. The molecule has 4 rings (SSSR count). The van der Waals surface area contributed by atoms with E-state index in [1.165, 1.54) is 11.1 Å². The molecule has 1 amide bonds. The molecule has 0 radical (unpaired) electrons. The molecule has 0 saturated carbocycles. The Morgan fingerprint density at radius 3 is 2.37 bits per heavy atom. The fourth-order valence-corrected chi connectivity index (χ4v) is 4.15. The van der Waals surface area contributed by atoms with E-state index in [1.54, 1.807) is 12.4 Å². The standard InChI is InChI=1S/C24H31N3O3/c1-4-5-18-10-19(12-21(11-18)30-17(2)3)6-7-22-25-13-20(14-26-22)23(28)27-9-8-24(27)15-29-16-24/h10-14,17H,4-9,15-16H2,1-3H3. The minimum Gasteiger partial charge on any atom is -0.491 e. The molecule has 0 unspecified atom stereocenters. The van der Waals surface area contributed by atoms with Gasteiger partial charge in [0.25, 0.3) is 5.91 Å². The van der Waals surface area contributed by atoms with Crippen LogP contribution in [0.2, 0.25) is 0 Å². The molecule has 30 heavy (non-hydrogen) atoms. The van der Waals surface area contributed by atoms with Crippen LogP contribution in [0, 0.1) is 0 Å². The van der Waals surface area contributed by atoms with Gasteiger partial charge in [0.1, 0.15) is 11.6 Å². The van der Waals surface area contributed by atoms with Gasteiger partial charge in [0.2, 0.25) is 0 Å². The molecule has 1 aromatic heterocycles. The number of hydrogen-bond donors (Lipinski definition) is 0. The summed E-state index contributed by atoms with van der Waals surface area (Å²) in [6.07, 6.45) is 8.22. The third kappa shape index (κ3) is 4.33. The molecule has 0 atom stereocenters. The van der Waals surface area contributed by atoms with Crippen LogP contribution in [0.15, 0.2) is 30.6 Å². The molecule has 2 aromatic rings. The number of amides is 1. The minimum atomic E-state index is -0.0605. The summed E-state index contributed by atoms with van der Waals surface area (Å²) in [4.78, 5) is 23.5. The van der Waals surface area contributed by atoms with Gasteiger partial charge in [0.05, 0.1) is 30.4 Å². The van der Waals surface area contributed by atoms with Crippen LogP contribution in [-0.2, 0) is 24.0 Å². The van der Waals surface area contributed by atoms with Crippen molar-refractivity contribution in [3.05, 3.63) is 53.1 Å². The maximum atomic E-state index is 12.7. The van der Waals surface area contributed by atoms with E-state index < -0.39 is 0 Å². The van der Waals surface area contributed by atoms with E-state index >= 15 is 0 Å². The monoisotopic (exact) mass is 409 g/mol. The maximum Gasteiger partial charge on any atom is 0.257 e. The van der Waals surface area contributed by atoms with E-state index in [9.17, 15) is 4.79 Å². The van der Waals surface area contributed by atoms with Gasteiger partial charge >= 0.3 is 0 Å². The first-order valence-corrected chi connectivity index (χ1v) is 11.0. The molecule has 160 valence electrons. The van der Waals surface area contributed by atoms with Gasteiger partial charge in [-0.15, -0.1) is 0 Å². The lowest BCUT2D eigenvalue weighted by molar-refractivity contribution is -0.172. The molecule has 3 heterocycles. The minimum absolute atomic E-state index is 0.0128. The van der Waals surface area contributed by atoms with E-state index in [1.807, 2.05) is 18.7 Å². The fourth-order valence-electron chi connectivity index (χ4n) is 4.15. The largest absolute Gasteiger partial charge is 0.491 e. The number of carbonyl (C=O) groups is 1. The van der Waals surface area contributed by atoms with Gasteiger partial charge in [-0.25, -0.2) is 9.97 Å². The van der Waals surface area contributed by atoms with Gasteiger partial charge in [-0.3, -0.25) is 4.79 Å². The van der Waals surface area contributed by atoms with Crippen molar-refractivity contribution in [1.82, 2.24) is 14.9 Å². The summed E-state index contributed by atoms with van der Waals surface area (Å²) >= 11 is 0. The smallest absolute Gasteiger partial charge is 0.257 e. The molecule has 0 aliphatic carbocycles. The first-order valence-electron chi connectivity index (χ1n) is 11.0. The molecular formula is C24H31N3O3. The Hall–Kier alpha value is -2.47. The quantitative estimate of drug-likeness (QED) is 0.666. The highest BCUT2D eigenvalue weighted by Crippen LogP contribution is 2.38. The predicted molar refractivity (Wildman–Crippen MR) is 115 cm³/mol. The van der Waals surface area contributed by atoms with Crippen molar-refractivity contribution in [2.45, 2.75) is 64.5 Å². The zero-order valence-corrected chi connectivity index (χ0v) is 18.2. The Labute approximate surface area is 178 Å². The van der Waals surface area contributed by atoms with Crippen LogP contribution in [0.4, 0.5) is 0 Å². The Morgan fingerprint density at radius 1 is 1.13 bits per heavy atom. The Morgan fingerprint density at radius 2 is 1.83 bits per heavy atom. The van der Waals surface area contributed by atoms with Crippen molar-refractivity contribution < 1.29 is 14.3 Å². The Bertz CT molecular complexity index is 886. The average Bonchev–Trinajstić information content (AvgIpc) is 2.64. The topological polar surface area (TPSA) is 64.6 Å². The highest BCUT2D eigenvalue weighted by atomic mass is 16.5. The molecular weight excluding hydrogens is 378 g/mol. The van der Waals surface area contributed by atoms with E-state index in [0.29, 0.717) is 18.8 Å². The second-order valence-electron chi connectivity index (χ2n) is 8.71. The number of hydrogen-bond acceptors (Lipinski definition) is 5. The third-order valence-corrected chi connectivity index (χ3v) is 5.89. The lowest BCUT2D eigenvalue weighted by Gasteiger charge is -2.57. The van der Waals surface area contributed by atoms with Crippen LogP contribution in [0.5, 0.6) is 5.75 Å². The highest BCUT2D eigenvalue weighted by Gasteiger charge is 2.53. The fraction of sp³-hybridized carbons (Fsp3) is 0.542. The number of likely N-dealkylation sites (tertiary alicyclic amines) is 1.